The standard InChI is InChI=1S/C17H21ClN2/c1-5-6-7-20-16-9-15(18)13(11-19)8-14(16)12(2)10-17(20,3)4/h8-10H,5-7H2,1-4H3. The summed E-state index contributed by atoms with van der Waals surface area (Å²) in [7, 11) is 0. The van der Waals surface area contributed by atoms with Crippen LogP contribution in [0.3, 0.4) is 0 Å². The molecule has 20 heavy (non-hydrogen) atoms. The maximum atomic E-state index is 9.15. The van der Waals surface area contributed by atoms with Crippen LogP contribution in [0.15, 0.2) is 18.2 Å². The predicted octanol–water partition coefficient (Wildman–Crippen LogP) is 5.01. The highest BCUT2D eigenvalue weighted by atomic mass is 35.5. The van der Waals surface area contributed by atoms with E-state index in [2.05, 4.69) is 44.7 Å². The van der Waals surface area contributed by atoms with Crippen LogP contribution in [0.25, 0.3) is 5.57 Å². The lowest BCUT2D eigenvalue weighted by atomic mass is 9.88. The van der Waals surface area contributed by atoms with Gasteiger partial charge in [-0.3, -0.25) is 0 Å². The van der Waals surface area contributed by atoms with Crippen molar-refractivity contribution in [2.75, 3.05) is 11.4 Å². The van der Waals surface area contributed by atoms with Gasteiger partial charge in [-0.25, -0.2) is 0 Å². The number of nitrogens with zero attached hydrogens (tertiary/aromatic N) is 2. The zero-order valence-corrected chi connectivity index (χ0v) is 13.4. The third-order valence-corrected chi connectivity index (χ3v) is 4.23. The van der Waals surface area contributed by atoms with Crippen LogP contribution in [0.4, 0.5) is 5.69 Å². The van der Waals surface area contributed by atoms with Gasteiger partial charge in [0.05, 0.1) is 16.1 Å². The minimum absolute atomic E-state index is 0.0241. The molecule has 0 N–H and O–H groups in total. The van der Waals surface area contributed by atoms with Crippen LogP contribution in [-0.4, -0.2) is 12.1 Å². The molecule has 0 bridgehead atoms. The molecule has 0 spiro atoms. The molecule has 0 radical (unpaired) electrons. The lowest BCUT2D eigenvalue weighted by molar-refractivity contribution is 0.540. The Labute approximate surface area is 126 Å². The van der Waals surface area contributed by atoms with Crippen molar-refractivity contribution >= 4 is 22.9 Å². The minimum atomic E-state index is -0.0241. The van der Waals surface area contributed by atoms with Gasteiger partial charge in [-0.05, 0) is 44.9 Å². The van der Waals surface area contributed by atoms with Crippen molar-refractivity contribution < 1.29 is 0 Å². The molecule has 2 rings (SSSR count). The summed E-state index contributed by atoms with van der Waals surface area (Å²) < 4.78 is 0. The zero-order chi connectivity index (χ0) is 14.9. The van der Waals surface area contributed by atoms with Crippen molar-refractivity contribution in [3.05, 3.63) is 34.4 Å². The van der Waals surface area contributed by atoms with Crippen molar-refractivity contribution in [1.29, 1.82) is 5.26 Å². The fourth-order valence-electron chi connectivity index (χ4n) is 2.91. The van der Waals surface area contributed by atoms with E-state index in [0.717, 1.165) is 30.6 Å². The van der Waals surface area contributed by atoms with E-state index in [9.17, 15) is 0 Å². The first-order chi connectivity index (χ1) is 9.40. The summed E-state index contributed by atoms with van der Waals surface area (Å²) in [6.07, 6.45) is 4.59. The van der Waals surface area contributed by atoms with Gasteiger partial charge in [0.1, 0.15) is 6.07 Å². The lowest BCUT2D eigenvalue weighted by Crippen LogP contribution is -2.45. The van der Waals surface area contributed by atoms with Crippen molar-refractivity contribution in [2.45, 2.75) is 46.1 Å². The van der Waals surface area contributed by atoms with Crippen LogP contribution in [0, 0.1) is 11.3 Å². The molecule has 106 valence electrons. The summed E-state index contributed by atoms with van der Waals surface area (Å²) in [5, 5.41) is 9.69. The summed E-state index contributed by atoms with van der Waals surface area (Å²) >= 11 is 6.23. The van der Waals surface area contributed by atoms with E-state index in [0.29, 0.717) is 10.6 Å². The highest BCUT2D eigenvalue weighted by molar-refractivity contribution is 6.32. The Hall–Kier alpha value is -1.46. The van der Waals surface area contributed by atoms with E-state index >= 15 is 0 Å². The predicted molar refractivity (Wildman–Crippen MR) is 86.2 cm³/mol. The highest BCUT2D eigenvalue weighted by Crippen LogP contribution is 2.41. The molecule has 1 aromatic rings. The summed E-state index contributed by atoms with van der Waals surface area (Å²) in [5.74, 6) is 0. The number of benzene rings is 1. The van der Waals surface area contributed by atoms with Gasteiger partial charge in [0.15, 0.2) is 0 Å². The second kappa shape index (κ2) is 5.50. The molecule has 0 amide bonds. The first-order valence-electron chi connectivity index (χ1n) is 7.12. The van der Waals surface area contributed by atoms with Crippen molar-refractivity contribution in [3.63, 3.8) is 0 Å². The number of unbranched alkanes of at least 4 members (excludes halogenated alkanes) is 1. The number of hydrogen-bond acceptors (Lipinski definition) is 2. The Morgan fingerprint density at radius 2 is 2.05 bits per heavy atom. The molecule has 2 nitrogen and oxygen atoms in total. The first kappa shape index (κ1) is 14.9. The van der Waals surface area contributed by atoms with Crippen LogP contribution < -0.4 is 4.90 Å². The molecule has 0 aromatic heterocycles. The average Bonchev–Trinajstić information content (AvgIpc) is 2.37. The fraction of sp³-hybridized carbons (Fsp3) is 0.471. The van der Waals surface area contributed by atoms with Crippen molar-refractivity contribution in [3.8, 4) is 6.07 Å². The number of nitriles is 1. The number of fused-ring (bicyclic) bond motifs is 1. The maximum absolute atomic E-state index is 9.15. The Kier molecular flexibility index (Phi) is 4.11. The molecule has 1 heterocycles. The Morgan fingerprint density at radius 1 is 1.35 bits per heavy atom. The molecule has 1 aliphatic rings. The number of halogens is 1. The SMILES string of the molecule is CCCCN1c2cc(Cl)c(C#N)cc2C(C)=CC1(C)C. The van der Waals surface area contributed by atoms with E-state index in [1.807, 2.05) is 12.1 Å². The van der Waals surface area contributed by atoms with Gasteiger partial charge in [0.25, 0.3) is 0 Å². The summed E-state index contributed by atoms with van der Waals surface area (Å²) in [6.45, 7) is 9.75. The molecule has 1 aromatic carbocycles. The molecule has 0 aliphatic carbocycles. The molecule has 3 heteroatoms. The van der Waals surface area contributed by atoms with Crippen LogP contribution in [0.1, 0.15) is 51.7 Å². The first-order valence-corrected chi connectivity index (χ1v) is 7.49. The summed E-state index contributed by atoms with van der Waals surface area (Å²) in [6, 6.07) is 6.03. The van der Waals surface area contributed by atoms with Gasteiger partial charge in [-0.2, -0.15) is 5.26 Å². The molecule has 0 fully saturated rings. The Bertz CT molecular complexity index is 594. The van der Waals surface area contributed by atoms with Gasteiger partial charge in [0, 0.05) is 17.8 Å². The van der Waals surface area contributed by atoms with Crippen molar-refractivity contribution in [2.24, 2.45) is 0 Å². The number of hydrogen-bond donors (Lipinski definition) is 0. The zero-order valence-electron chi connectivity index (χ0n) is 12.6. The van der Waals surface area contributed by atoms with E-state index in [1.165, 1.54) is 5.57 Å². The average molecular weight is 289 g/mol. The monoisotopic (exact) mass is 288 g/mol. The van der Waals surface area contributed by atoms with Gasteiger partial charge < -0.3 is 4.90 Å². The van der Waals surface area contributed by atoms with Crippen molar-refractivity contribution in [1.82, 2.24) is 0 Å². The van der Waals surface area contributed by atoms with Gasteiger partial charge in [0.2, 0.25) is 0 Å². The molecule has 0 saturated heterocycles. The summed E-state index contributed by atoms with van der Waals surface area (Å²) in [4.78, 5) is 2.39. The van der Waals surface area contributed by atoms with Crippen LogP contribution in [0.5, 0.6) is 0 Å². The van der Waals surface area contributed by atoms with Crippen LogP contribution in [0.2, 0.25) is 5.02 Å². The molecule has 0 atom stereocenters. The topological polar surface area (TPSA) is 27.0 Å². The molecule has 0 unspecified atom stereocenters. The van der Waals surface area contributed by atoms with Crippen LogP contribution >= 0.6 is 11.6 Å². The van der Waals surface area contributed by atoms with Gasteiger partial charge in [-0.15, -0.1) is 0 Å². The highest BCUT2D eigenvalue weighted by Gasteiger charge is 2.31. The molecule has 1 aliphatic heterocycles. The second-order valence-electron chi connectivity index (χ2n) is 5.95. The van der Waals surface area contributed by atoms with E-state index in [-0.39, 0.29) is 5.54 Å². The third-order valence-electron chi connectivity index (χ3n) is 3.92. The normalized spacial score (nSPS) is 16.4. The largest absolute Gasteiger partial charge is 0.362 e. The number of rotatable bonds is 3. The number of allylic oxidation sites excluding steroid dienone is 1. The van der Waals surface area contributed by atoms with Crippen LogP contribution in [-0.2, 0) is 0 Å². The van der Waals surface area contributed by atoms with E-state index < -0.39 is 0 Å². The summed E-state index contributed by atoms with van der Waals surface area (Å²) in [5.41, 5.74) is 4.01. The molecular formula is C17H21ClN2. The van der Waals surface area contributed by atoms with Gasteiger partial charge >= 0.3 is 0 Å². The molecule has 0 saturated carbocycles. The van der Waals surface area contributed by atoms with E-state index in [1.54, 1.807) is 0 Å². The van der Waals surface area contributed by atoms with Gasteiger partial charge in [-0.1, -0.05) is 31.0 Å². The maximum Gasteiger partial charge on any atom is 0.101 e. The minimum Gasteiger partial charge on any atom is -0.362 e. The quantitative estimate of drug-likeness (QED) is 0.781. The fourth-order valence-corrected chi connectivity index (χ4v) is 3.11. The number of anilines is 1. The van der Waals surface area contributed by atoms with E-state index in [4.69, 9.17) is 16.9 Å². The lowest BCUT2D eigenvalue weighted by Gasteiger charge is -2.43. The third kappa shape index (κ3) is 2.55. The second-order valence-corrected chi connectivity index (χ2v) is 6.35. The smallest absolute Gasteiger partial charge is 0.101 e. The Balaban J connectivity index is 2.58. The Morgan fingerprint density at radius 3 is 2.65 bits per heavy atom. The molecular weight excluding hydrogens is 268 g/mol.